The highest BCUT2D eigenvalue weighted by atomic mass is 79.9. The maximum Gasteiger partial charge on any atom is 0.294 e. The Morgan fingerprint density at radius 2 is 1.78 bits per heavy atom. The summed E-state index contributed by atoms with van der Waals surface area (Å²) >= 11 is 9.66. The van der Waals surface area contributed by atoms with Crippen molar-refractivity contribution in [2.45, 2.75) is 19.9 Å². The van der Waals surface area contributed by atoms with Crippen molar-refractivity contribution in [1.29, 1.82) is 0 Å². The molecular weight excluding hydrogens is 556 g/mol. The first kappa shape index (κ1) is 25.1. The van der Waals surface area contributed by atoms with Gasteiger partial charge in [0.15, 0.2) is 11.5 Å². The van der Waals surface area contributed by atoms with Gasteiger partial charge in [-0.2, -0.15) is 0 Å². The minimum atomic E-state index is -0.871. The fourth-order valence-corrected chi connectivity index (χ4v) is 5.32. The van der Waals surface area contributed by atoms with Gasteiger partial charge >= 0.3 is 0 Å². The van der Waals surface area contributed by atoms with E-state index in [1.165, 1.54) is 4.90 Å². The smallest absolute Gasteiger partial charge is 0.294 e. The lowest BCUT2D eigenvalue weighted by Gasteiger charge is -2.28. The van der Waals surface area contributed by atoms with Crippen molar-refractivity contribution in [2.75, 3.05) is 22.9 Å². The number of anilines is 2. The third-order valence-electron chi connectivity index (χ3n) is 6.58. The molecule has 1 atom stereocenters. The first-order chi connectivity index (χ1) is 17.8. The molecule has 188 valence electrons. The summed E-state index contributed by atoms with van der Waals surface area (Å²) < 4.78 is 6.68. The first-order valence-corrected chi connectivity index (χ1v) is 13.1. The molecule has 2 heterocycles. The molecule has 0 saturated carbocycles. The molecule has 3 aromatic carbocycles. The van der Waals surface area contributed by atoms with E-state index in [1.54, 1.807) is 36.4 Å². The van der Waals surface area contributed by atoms with Crippen LogP contribution in [0.3, 0.4) is 0 Å². The average molecular weight is 580 g/mol. The Hall–Kier alpha value is -3.55. The number of furan rings is 1. The van der Waals surface area contributed by atoms with Crippen LogP contribution in [0.5, 0.6) is 0 Å². The van der Waals surface area contributed by atoms with E-state index in [2.05, 4.69) is 34.7 Å². The van der Waals surface area contributed by atoms with E-state index in [0.717, 1.165) is 28.6 Å². The second kappa shape index (κ2) is 10.1. The molecule has 6 nitrogen and oxygen atoms in total. The maximum atomic E-state index is 13.8. The molecule has 1 aliphatic heterocycles. The van der Waals surface area contributed by atoms with Crippen molar-refractivity contribution in [3.8, 4) is 0 Å². The lowest BCUT2D eigenvalue weighted by atomic mass is 9.94. The third kappa shape index (κ3) is 4.54. The van der Waals surface area contributed by atoms with Crippen molar-refractivity contribution in [3.63, 3.8) is 0 Å². The van der Waals surface area contributed by atoms with Crippen LogP contribution in [0.2, 0.25) is 5.02 Å². The van der Waals surface area contributed by atoms with E-state index < -0.39 is 23.5 Å². The quantitative estimate of drug-likeness (QED) is 0.230. The van der Waals surface area contributed by atoms with E-state index in [1.807, 2.05) is 36.4 Å². The predicted octanol–water partition coefficient (Wildman–Crippen LogP) is 7.48. The second-order valence-electron chi connectivity index (χ2n) is 8.71. The molecule has 0 fully saturated rings. The largest absolute Gasteiger partial charge is 0.503 e. The van der Waals surface area contributed by atoms with Crippen LogP contribution < -0.4 is 9.80 Å². The van der Waals surface area contributed by atoms with Gasteiger partial charge in [-0.3, -0.25) is 14.5 Å². The standard InChI is InChI=1S/C29H24BrClN2O4/c1-3-32(4-2)21-11-8-17(9-12-21)26-25(27(34)24-15-18-14-19(30)10-13-23(18)37-24)28(35)29(36)33(26)22-7-5-6-20(31)16-22/h5-16,26,35H,3-4H2,1-2H3. The van der Waals surface area contributed by atoms with Crippen LogP contribution in [0.15, 0.2) is 93.0 Å². The van der Waals surface area contributed by atoms with Gasteiger partial charge in [-0.15, -0.1) is 0 Å². The van der Waals surface area contributed by atoms with Gasteiger partial charge in [-0.05, 0) is 74.0 Å². The predicted molar refractivity (Wildman–Crippen MR) is 150 cm³/mol. The van der Waals surface area contributed by atoms with Gasteiger partial charge < -0.3 is 14.4 Å². The first-order valence-electron chi connectivity index (χ1n) is 11.9. The molecule has 0 bridgehead atoms. The fourth-order valence-electron chi connectivity index (χ4n) is 4.76. The lowest BCUT2D eigenvalue weighted by Crippen LogP contribution is -2.31. The molecule has 0 radical (unpaired) electrons. The summed E-state index contributed by atoms with van der Waals surface area (Å²) in [7, 11) is 0. The van der Waals surface area contributed by atoms with E-state index in [-0.39, 0.29) is 11.3 Å². The van der Waals surface area contributed by atoms with Gasteiger partial charge in [-0.25, -0.2) is 0 Å². The molecule has 0 spiro atoms. The van der Waals surface area contributed by atoms with Gasteiger partial charge in [0, 0.05) is 39.3 Å². The Bertz CT molecular complexity index is 1540. The number of nitrogens with zero attached hydrogens (tertiary/aromatic N) is 2. The van der Waals surface area contributed by atoms with Crippen molar-refractivity contribution in [2.24, 2.45) is 0 Å². The van der Waals surface area contributed by atoms with Gasteiger partial charge in [0.1, 0.15) is 5.58 Å². The highest BCUT2D eigenvalue weighted by Crippen LogP contribution is 2.43. The Morgan fingerprint density at radius 1 is 1.05 bits per heavy atom. The summed E-state index contributed by atoms with van der Waals surface area (Å²) in [5.74, 6) is -1.80. The molecule has 1 amide bonds. The third-order valence-corrected chi connectivity index (χ3v) is 7.31. The number of halogens is 2. The molecule has 4 aromatic rings. The van der Waals surface area contributed by atoms with E-state index >= 15 is 0 Å². The number of amides is 1. The van der Waals surface area contributed by atoms with E-state index in [9.17, 15) is 14.7 Å². The zero-order valence-corrected chi connectivity index (χ0v) is 22.6. The Labute approximate surface area is 227 Å². The van der Waals surface area contributed by atoms with E-state index in [0.29, 0.717) is 21.9 Å². The second-order valence-corrected chi connectivity index (χ2v) is 10.1. The molecular formula is C29H24BrClN2O4. The SMILES string of the molecule is CCN(CC)c1ccc(C2C(C(=O)c3cc4cc(Br)ccc4o3)=C(O)C(=O)N2c2cccc(Cl)c2)cc1. The number of Topliss-reactive ketones (excluding diaryl/α,β-unsaturated/α-hetero) is 1. The van der Waals surface area contributed by atoms with Crippen LogP contribution in [0.4, 0.5) is 11.4 Å². The number of rotatable bonds is 7. The topological polar surface area (TPSA) is 74.0 Å². The molecule has 5 rings (SSSR count). The van der Waals surface area contributed by atoms with Crippen molar-refractivity contribution in [3.05, 3.63) is 105 Å². The fraction of sp³-hybridized carbons (Fsp3) is 0.172. The number of carbonyl (C=O) groups is 2. The molecule has 8 heteroatoms. The monoisotopic (exact) mass is 578 g/mol. The highest BCUT2D eigenvalue weighted by Gasteiger charge is 2.45. The molecule has 1 unspecified atom stereocenters. The number of aliphatic hydroxyl groups is 1. The lowest BCUT2D eigenvalue weighted by molar-refractivity contribution is -0.117. The molecule has 1 N–H and O–H groups in total. The molecule has 1 aromatic heterocycles. The minimum Gasteiger partial charge on any atom is -0.503 e. The maximum absolute atomic E-state index is 13.8. The van der Waals surface area contributed by atoms with Crippen LogP contribution in [0.1, 0.15) is 36.0 Å². The summed E-state index contributed by atoms with van der Waals surface area (Å²) in [5.41, 5.74) is 2.66. The van der Waals surface area contributed by atoms with Crippen molar-refractivity contribution < 1.29 is 19.1 Å². The molecule has 0 aliphatic carbocycles. The average Bonchev–Trinajstić information content (AvgIpc) is 3.43. The number of ketones is 1. The van der Waals surface area contributed by atoms with Crippen LogP contribution in [0.25, 0.3) is 11.0 Å². The highest BCUT2D eigenvalue weighted by molar-refractivity contribution is 9.10. The van der Waals surface area contributed by atoms with Crippen LogP contribution in [0, 0.1) is 0 Å². The molecule has 0 saturated heterocycles. The summed E-state index contributed by atoms with van der Waals surface area (Å²) in [6.45, 7) is 5.85. The van der Waals surface area contributed by atoms with Gasteiger partial charge in [0.25, 0.3) is 5.91 Å². The molecule has 1 aliphatic rings. The number of hydrogen-bond donors (Lipinski definition) is 1. The van der Waals surface area contributed by atoms with Crippen LogP contribution >= 0.6 is 27.5 Å². The van der Waals surface area contributed by atoms with E-state index in [4.69, 9.17) is 16.0 Å². The zero-order valence-electron chi connectivity index (χ0n) is 20.2. The van der Waals surface area contributed by atoms with Crippen LogP contribution in [-0.2, 0) is 4.79 Å². The zero-order chi connectivity index (χ0) is 26.3. The summed E-state index contributed by atoms with van der Waals surface area (Å²) in [6.07, 6.45) is 0. The van der Waals surface area contributed by atoms with Crippen molar-refractivity contribution in [1.82, 2.24) is 0 Å². The summed E-state index contributed by atoms with van der Waals surface area (Å²) in [5, 5.41) is 12.2. The molecule has 37 heavy (non-hydrogen) atoms. The number of fused-ring (bicyclic) bond motifs is 1. The van der Waals surface area contributed by atoms with Gasteiger partial charge in [0.05, 0.1) is 11.6 Å². The summed E-state index contributed by atoms with van der Waals surface area (Å²) in [4.78, 5) is 30.8. The Balaban J connectivity index is 1.63. The Morgan fingerprint density at radius 3 is 2.46 bits per heavy atom. The van der Waals surface area contributed by atoms with Gasteiger partial charge in [-0.1, -0.05) is 45.7 Å². The van der Waals surface area contributed by atoms with Crippen molar-refractivity contribution >= 4 is 61.6 Å². The number of carbonyl (C=O) groups excluding carboxylic acids is 2. The number of benzene rings is 3. The van der Waals surface area contributed by atoms with Gasteiger partial charge in [0.2, 0.25) is 5.78 Å². The minimum absolute atomic E-state index is 0.0418. The number of hydrogen-bond acceptors (Lipinski definition) is 5. The Kier molecular flexibility index (Phi) is 6.84. The van der Waals surface area contributed by atoms with Crippen LogP contribution in [-0.4, -0.2) is 29.9 Å². The summed E-state index contributed by atoms with van der Waals surface area (Å²) in [6, 6.07) is 20.6. The normalized spacial score (nSPS) is 15.6. The number of aliphatic hydroxyl groups excluding tert-OH is 1.